The Morgan fingerprint density at radius 3 is 2.41 bits per heavy atom. The molecule has 1 N–H and O–H groups in total. The molecule has 1 amide bonds. The summed E-state index contributed by atoms with van der Waals surface area (Å²) in [6.45, 7) is 3.86. The molecule has 0 spiro atoms. The van der Waals surface area contributed by atoms with Crippen molar-refractivity contribution < 1.29 is 14.6 Å². The highest BCUT2D eigenvalue weighted by atomic mass is 79.9. The summed E-state index contributed by atoms with van der Waals surface area (Å²) in [6, 6.07) is 18.3. The Morgan fingerprint density at radius 1 is 1.03 bits per heavy atom. The molecule has 2 aliphatic rings. The largest absolute Gasteiger partial charge is 0.460 e. The Hall–Kier alpha value is -2.15. The Labute approximate surface area is 179 Å². The minimum atomic E-state index is -0.966. The van der Waals surface area contributed by atoms with Gasteiger partial charge in [-0.1, -0.05) is 58.4 Å². The second-order valence-electron chi connectivity index (χ2n) is 7.55. The number of benzene rings is 2. The third-order valence-corrected chi connectivity index (χ3v) is 6.02. The summed E-state index contributed by atoms with van der Waals surface area (Å²) in [5.41, 5.74) is 2.35. The minimum Gasteiger partial charge on any atom is -0.460 e. The monoisotopic (exact) mass is 456 g/mol. The molecule has 1 saturated heterocycles. The fourth-order valence-electron chi connectivity index (χ4n) is 3.87. The van der Waals surface area contributed by atoms with Gasteiger partial charge in [-0.15, -0.1) is 0 Å². The first-order chi connectivity index (χ1) is 14.1. The second-order valence-corrected chi connectivity index (χ2v) is 8.47. The lowest BCUT2D eigenvalue weighted by Crippen LogP contribution is -2.49. The quantitative estimate of drug-likeness (QED) is 0.764. The van der Waals surface area contributed by atoms with Gasteiger partial charge in [0.25, 0.3) is 5.91 Å². The molecular weight excluding hydrogens is 432 g/mol. The number of ether oxygens (including phenoxy) is 1. The lowest BCUT2D eigenvalue weighted by molar-refractivity contribution is -0.142. The highest BCUT2D eigenvalue weighted by Gasteiger charge is 2.31. The van der Waals surface area contributed by atoms with Crippen molar-refractivity contribution in [2.24, 2.45) is 0 Å². The van der Waals surface area contributed by atoms with Crippen LogP contribution < -0.4 is 0 Å². The van der Waals surface area contributed by atoms with Crippen LogP contribution in [0.5, 0.6) is 0 Å². The Kier molecular flexibility index (Phi) is 6.33. The number of carbonyl (C=O) groups excluding carboxylic acids is 1. The van der Waals surface area contributed by atoms with Gasteiger partial charge in [-0.25, -0.2) is 0 Å². The highest BCUT2D eigenvalue weighted by Crippen LogP contribution is 2.31. The maximum absolute atomic E-state index is 13.0. The van der Waals surface area contributed by atoms with Gasteiger partial charge in [-0.05, 0) is 29.3 Å². The average molecular weight is 457 g/mol. The van der Waals surface area contributed by atoms with E-state index in [9.17, 15) is 9.90 Å². The zero-order chi connectivity index (χ0) is 20.2. The van der Waals surface area contributed by atoms with Gasteiger partial charge >= 0.3 is 0 Å². The normalized spacial score (nSPS) is 22.7. The third-order valence-electron chi connectivity index (χ3n) is 5.49. The molecule has 152 valence electrons. The van der Waals surface area contributed by atoms with Crippen molar-refractivity contribution in [1.82, 2.24) is 9.80 Å². The molecule has 0 radical (unpaired) electrons. The molecule has 2 aromatic rings. The molecule has 2 heterocycles. The zero-order valence-electron chi connectivity index (χ0n) is 16.2. The van der Waals surface area contributed by atoms with Gasteiger partial charge in [-0.3, -0.25) is 9.69 Å². The van der Waals surface area contributed by atoms with Crippen LogP contribution in [-0.2, 0) is 16.1 Å². The van der Waals surface area contributed by atoms with Gasteiger partial charge in [0.2, 0.25) is 0 Å². The molecule has 1 fully saturated rings. The number of aliphatic hydroxyl groups excluding tert-OH is 1. The first kappa shape index (κ1) is 20.1. The van der Waals surface area contributed by atoms with Crippen LogP contribution in [0.3, 0.4) is 0 Å². The second kappa shape index (κ2) is 9.11. The summed E-state index contributed by atoms with van der Waals surface area (Å²) in [5, 5.41) is 10.2. The first-order valence-electron chi connectivity index (χ1n) is 9.96. The van der Waals surface area contributed by atoms with Gasteiger partial charge in [0, 0.05) is 49.5 Å². The van der Waals surface area contributed by atoms with Crippen LogP contribution >= 0.6 is 15.9 Å². The van der Waals surface area contributed by atoms with E-state index in [0.717, 1.165) is 29.7 Å². The molecule has 5 nitrogen and oxygen atoms in total. The molecule has 0 unspecified atom stereocenters. The smallest absolute Gasteiger partial charge is 0.288 e. The maximum Gasteiger partial charge on any atom is 0.288 e. The van der Waals surface area contributed by atoms with Crippen molar-refractivity contribution in [2.45, 2.75) is 25.2 Å². The van der Waals surface area contributed by atoms with E-state index < -0.39 is 6.29 Å². The summed E-state index contributed by atoms with van der Waals surface area (Å²) >= 11 is 3.44. The summed E-state index contributed by atoms with van der Waals surface area (Å²) in [5.74, 6) is 0.0866. The molecule has 4 rings (SSSR count). The van der Waals surface area contributed by atoms with Crippen molar-refractivity contribution in [1.29, 1.82) is 0 Å². The fraction of sp³-hybridized carbons (Fsp3) is 0.348. The van der Waals surface area contributed by atoms with E-state index in [1.54, 1.807) is 0 Å². The van der Waals surface area contributed by atoms with E-state index in [2.05, 4.69) is 45.1 Å². The molecule has 2 atom stereocenters. The van der Waals surface area contributed by atoms with E-state index in [0.29, 0.717) is 19.5 Å². The predicted molar refractivity (Wildman–Crippen MR) is 115 cm³/mol. The summed E-state index contributed by atoms with van der Waals surface area (Å²) in [6.07, 6.45) is 1.34. The van der Waals surface area contributed by atoms with Gasteiger partial charge in [0.05, 0.1) is 0 Å². The van der Waals surface area contributed by atoms with Crippen LogP contribution in [0.4, 0.5) is 0 Å². The first-order valence-corrected chi connectivity index (χ1v) is 10.8. The molecular formula is C23H25BrN2O3. The summed E-state index contributed by atoms with van der Waals surface area (Å²) in [7, 11) is 0. The van der Waals surface area contributed by atoms with Gasteiger partial charge in [0.1, 0.15) is 0 Å². The molecule has 6 heteroatoms. The lowest BCUT2D eigenvalue weighted by atomic mass is 9.93. The number of halogens is 1. The number of amides is 1. The van der Waals surface area contributed by atoms with E-state index >= 15 is 0 Å². The van der Waals surface area contributed by atoms with Crippen LogP contribution in [0.1, 0.15) is 23.5 Å². The molecule has 0 aromatic heterocycles. The van der Waals surface area contributed by atoms with E-state index in [1.165, 1.54) is 5.56 Å². The number of piperazine rings is 1. The van der Waals surface area contributed by atoms with Crippen LogP contribution in [0.2, 0.25) is 0 Å². The van der Waals surface area contributed by atoms with E-state index in [4.69, 9.17) is 4.74 Å². The molecule has 29 heavy (non-hydrogen) atoms. The summed E-state index contributed by atoms with van der Waals surface area (Å²) < 4.78 is 6.50. The number of hydrogen-bond donors (Lipinski definition) is 1. The number of aliphatic hydroxyl groups is 1. The number of hydrogen-bond acceptors (Lipinski definition) is 4. The van der Waals surface area contributed by atoms with Crippen molar-refractivity contribution >= 4 is 21.8 Å². The summed E-state index contributed by atoms with van der Waals surface area (Å²) in [4.78, 5) is 17.2. The van der Waals surface area contributed by atoms with Crippen LogP contribution in [-0.4, -0.2) is 53.3 Å². The standard InChI is InChI=1S/C23H25BrN2O3/c24-20-8-6-18(7-9-20)19-14-21(29-22(27)15-19)23(28)26-12-10-25(11-13-26)16-17-4-2-1-3-5-17/h1-9,14,19,22,27H,10-13,15-16H2/t19-,22+/m1/s1. The van der Waals surface area contributed by atoms with Gasteiger partial charge in [-0.2, -0.15) is 0 Å². The Bertz CT molecular complexity index is 861. The van der Waals surface area contributed by atoms with Crippen molar-refractivity contribution in [3.05, 3.63) is 82.0 Å². The SMILES string of the molecule is O=C(C1=C[C@@H](c2ccc(Br)cc2)C[C@@H](O)O1)N1CCN(Cc2ccccc2)CC1. The van der Waals surface area contributed by atoms with E-state index in [1.807, 2.05) is 41.3 Å². The van der Waals surface area contributed by atoms with Gasteiger partial charge in [0.15, 0.2) is 12.0 Å². The number of nitrogens with zero attached hydrogens (tertiary/aromatic N) is 2. The zero-order valence-corrected chi connectivity index (χ0v) is 17.8. The van der Waals surface area contributed by atoms with Gasteiger partial charge < -0.3 is 14.7 Å². The fourth-order valence-corrected chi connectivity index (χ4v) is 4.14. The predicted octanol–water partition coefficient (Wildman–Crippen LogP) is 3.50. The molecule has 0 aliphatic carbocycles. The van der Waals surface area contributed by atoms with E-state index in [-0.39, 0.29) is 17.6 Å². The molecule has 0 bridgehead atoms. The van der Waals surface area contributed by atoms with Crippen LogP contribution in [0, 0.1) is 0 Å². The number of carbonyl (C=O) groups is 1. The van der Waals surface area contributed by atoms with Crippen LogP contribution in [0.25, 0.3) is 0 Å². The molecule has 2 aliphatic heterocycles. The number of rotatable bonds is 4. The highest BCUT2D eigenvalue weighted by molar-refractivity contribution is 9.10. The van der Waals surface area contributed by atoms with Crippen molar-refractivity contribution in [3.8, 4) is 0 Å². The van der Waals surface area contributed by atoms with Crippen molar-refractivity contribution in [2.75, 3.05) is 26.2 Å². The number of allylic oxidation sites excluding steroid dienone is 1. The Morgan fingerprint density at radius 2 is 1.72 bits per heavy atom. The third kappa shape index (κ3) is 5.07. The Balaban J connectivity index is 1.39. The minimum absolute atomic E-state index is 0.0369. The lowest BCUT2D eigenvalue weighted by Gasteiger charge is -2.36. The molecule has 2 aromatic carbocycles. The van der Waals surface area contributed by atoms with Crippen molar-refractivity contribution in [3.63, 3.8) is 0 Å². The maximum atomic E-state index is 13.0. The van der Waals surface area contributed by atoms with Crippen LogP contribution in [0.15, 0.2) is 70.9 Å². The average Bonchev–Trinajstić information content (AvgIpc) is 2.74. The molecule has 0 saturated carbocycles. The topological polar surface area (TPSA) is 53.0 Å².